The van der Waals surface area contributed by atoms with Crippen molar-refractivity contribution in [2.24, 2.45) is 0 Å². The van der Waals surface area contributed by atoms with E-state index in [0.717, 1.165) is 0 Å². The predicted molar refractivity (Wildman–Crippen MR) is 91.1 cm³/mol. The van der Waals surface area contributed by atoms with Gasteiger partial charge in [0.15, 0.2) is 0 Å². The molecular weight excluding hydrogens is 256 g/mol. The Hall–Kier alpha value is -1.96. The first-order valence-electron chi connectivity index (χ1n) is 7.90. The normalized spacial score (nSPS) is 16.0. The number of nitrogens with one attached hydrogen (secondary N) is 1. The molecule has 1 fully saturated rings. The maximum atomic E-state index is 3.58. The van der Waals surface area contributed by atoms with Crippen LogP contribution < -0.4 is 10.2 Å². The standard InChI is InChI=1S/C19H24N2/c1-15-5-7-17(8-6-15)16(2)20-18-9-11-19(12-10-18)21-13-3-4-14-21/h5-12,16,20H,3-4,13-14H2,1-2H3. The molecule has 1 heterocycles. The van der Waals surface area contributed by atoms with Crippen LogP contribution in [0.5, 0.6) is 0 Å². The van der Waals surface area contributed by atoms with Gasteiger partial charge in [-0.3, -0.25) is 0 Å². The smallest absolute Gasteiger partial charge is 0.0485 e. The van der Waals surface area contributed by atoms with E-state index < -0.39 is 0 Å². The zero-order valence-corrected chi connectivity index (χ0v) is 13.0. The number of nitrogens with zero attached hydrogens (tertiary/aromatic N) is 1. The molecule has 0 bridgehead atoms. The van der Waals surface area contributed by atoms with E-state index in [9.17, 15) is 0 Å². The lowest BCUT2D eigenvalue weighted by Gasteiger charge is -2.19. The molecule has 1 aliphatic heterocycles. The van der Waals surface area contributed by atoms with Gasteiger partial charge >= 0.3 is 0 Å². The van der Waals surface area contributed by atoms with Gasteiger partial charge in [0.05, 0.1) is 0 Å². The highest BCUT2D eigenvalue weighted by atomic mass is 15.1. The Morgan fingerprint density at radius 2 is 1.52 bits per heavy atom. The number of rotatable bonds is 4. The lowest BCUT2D eigenvalue weighted by molar-refractivity contribution is 0.883. The first-order valence-corrected chi connectivity index (χ1v) is 7.90. The molecule has 1 unspecified atom stereocenters. The number of hydrogen-bond acceptors (Lipinski definition) is 2. The zero-order chi connectivity index (χ0) is 14.7. The lowest BCUT2D eigenvalue weighted by atomic mass is 10.1. The molecule has 2 heteroatoms. The van der Waals surface area contributed by atoms with E-state index in [0.29, 0.717) is 6.04 Å². The first kappa shape index (κ1) is 14.0. The Morgan fingerprint density at radius 3 is 2.14 bits per heavy atom. The number of hydrogen-bond donors (Lipinski definition) is 1. The summed E-state index contributed by atoms with van der Waals surface area (Å²) in [6.45, 7) is 6.73. The Morgan fingerprint density at radius 1 is 0.905 bits per heavy atom. The second-order valence-electron chi connectivity index (χ2n) is 6.02. The monoisotopic (exact) mass is 280 g/mol. The summed E-state index contributed by atoms with van der Waals surface area (Å²) >= 11 is 0. The third kappa shape index (κ3) is 3.38. The molecule has 0 amide bonds. The fraction of sp³-hybridized carbons (Fsp3) is 0.368. The van der Waals surface area contributed by atoms with E-state index in [-0.39, 0.29) is 0 Å². The second kappa shape index (κ2) is 6.21. The lowest BCUT2D eigenvalue weighted by Crippen LogP contribution is -2.17. The summed E-state index contributed by atoms with van der Waals surface area (Å²) in [5, 5.41) is 3.58. The van der Waals surface area contributed by atoms with Crippen LogP contribution in [-0.2, 0) is 0 Å². The van der Waals surface area contributed by atoms with Crippen LogP contribution in [0.25, 0.3) is 0 Å². The molecule has 1 aliphatic rings. The van der Waals surface area contributed by atoms with Gasteiger partial charge in [-0.25, -0.2) is 0 Å². The third-order valence-corrected chi connectivity index (χ3v) is 4.30. The van der Waals surface area contributed by atoms with Gasteiger partial charge in [-0.2, -0.15) is 0 Å². The number of aryl methyl sites for hydroxylation is 1. The molecule has 0 aromatic heterocycles. The van der Waals surface area contributed by atoms with Gasteiger partial charge in [0, 0.05) is 30.5 Å². The summed E-state index contributed by atoms with van der Waals surface area (Å²) in [6, 6.07) is 17.9. The molecule has 3 rings (SSSR count). The molecule has 1 saturated heterocycles. The van der Waals surface area contributed by atoms with E-state index in [1.54, 1.807) is 0 Å². The molecule has 0 saturated carbocycles. The van der Waals surface area contributed by atoms with Gasteiger partial charge in [0.25, 0.3) is 0 Å². The van der Waals surface area contributed by atoms with E-state index in [1.807, 2.05) is 0 Å². The second-order valence-corrected chi connectivity index (χ2v) is 6.02. The van der Waals surface area contributed by atoms with Gasteiger partial charge in [0.2, 0.25) is 0 Å². The van der Waals surface area contributed by atoms with Crippen LogP contribution in [0.3, 0.4) is 0 Å². The van der Waals surface area contributed by atoms with Crippen LogP contribution in [0.4, 0.5) is 11.4 Å². The SMILES string of the molecule is Cc1ccc(C(C)Nc2ccc(N3CCCC3)cc2)cc1. The summed E-state index contributed by atoms with van der Waals surface area (Å²) in [6.07, 6.45) is 2.65. The summed E-state index contributed by atoms with van der Waals surface area (Å²) < 4.78 is 0. The maximum absolute atomic E-state index is 3.58. The molecule has 21 heavy (non-hydrogen) atoms. The van der Waals surface area contributed by atoms with E-state index in [2.05, 4.69) is 72.6 Å². The van der Waals surface area contributed by atoms with Gasteiger partial charge < -0.3 is 10.2 Å². The Kier molecular flexibility index (Phi) is 4.14. The molecule has 1 atom stereocenters. The van der Waals surface area contributed by atoms with Crippen molar-refractivity contribution >= 4 is 11.4 Å². The summed E-state index contributed by atoms with van der Waals surface area (Å²) in [5.74, 6) is 0. The predicted octanol–water partition coefficient (Wildman–Crippen LogP) is 4.77. The first-order chi connectivity index (χ1) is 10.2. The number of anilines is 2. The summed E-state index contributed by atoms with van der Waals surface area (Å²) in [4.78, 5) is 2.47. The highest BCUT2D eigenvalue weighted by Crippen LogP contribution is 2.24. The molecule has 2 nitrogen and oxygen atoms in total. The Labute approximate surface area is 127 Å². The Bertz CT molecular complexity index is 566. The highest BCUT2D eigenvalue weighted by Gasteiger charge is 2.12. The van der Waals surface area contributed by atoms with Gasteiger partial charge in [-0.05, 0) is 56.5 Å². The molecular formula is C19H24N2. The quantitative estimate of drug-likeness (QED) is 0.868. The minimum absolute atomic E-state index is 0.322. The van der Waals surface area contributed by atoms with E-state index in [4.69, 9.17) is 0 Å². The van der Waals surface area contributed by atoms with E-state index >= 15 is 0 Å². The van der Waals surface area contributed by atoms with Crippen molar-refractivity contribution in [3.05, 3.63) is 59.7 Å². The fourth-order valence-corrected chi connectivity index (χ4v) is 2.93. The summed E-state index contributed by atoms with van der Waals surface area (Å²) in [7, 11) is 0. The van der Waals surface area contributed by atoms with Crippen molar-refractivity contribution in [2.45, 2.75) is 32.7 Å². The molecule has 0 radical (unpaired) electrons. The van der Waals surface area contributed by atoms with Crippen LogP contribution >= 0.6 is 0 Å². The van der Waals surface area contributed by atoms with Crippen molar-refractivity contribution in [3.8, 4) is 0 Å². The van der Waals surface area contributed by atoms with Crippen LogP contribution in [-0.4, -0.2) is 13.1 Å². The molecule has 1 N–H and O–H groups in total. The van der Waals surface area contributed by atoms with Crippen LogP contribution in [0, 0.1) is 6.92 Å². The molecule has 110 valence electrons. The van der Waals surface area contributed by atoms with Crippen LogP contribution in [0.1, 0.15) is 36.9 Å². The molecule has 2 aromatic carbocycles. The van der Waals surface area contributed by atoms with Gasteiger partial charge in [-0.1, -0.05) is 29.8 Å². The fourth-order valence-electron chi connectivity index (χ4n) is 2.93. The van der Waals surface area contributed by atoms with E-state index in [1.165, 1.54) is 48.4 Å². The van der Waals surface area contributed by atoms with Gasteiger partial charge in [0.1, 0.15) is 0 Å². The average Bonchev–Trinajstić information content (AvgIpc) is 3.03. The summed E-state index contributed by atoms with van der Waals surface area (Å²) in [5.41, 5.74) is 5.16. The maximum Gasteiger partial charge on any atom is 0.0485 e. The van der Waals surface area contributed by atoms with Crippen molar-refractivity contribution < 1.29 is 0 Å². The van der Waals surface area contributed by atoms with Gasteiger partial charge in [-0.15, -0.1) is 0 Å². The Balaban J connectivity index is 1.65. The van der Waals surface area contributed by atoms with Crippen molar-refractivity contribution in [1.82, 2.24) is 0 Å². The van der Waals surface area contributed by atoms with Crippen LogP contribution in [0.15, 0.2) is 48.5 Å². The highest BCUT2D eigenvalue weighted by molar-refractivity contribution is 5.56. The van der Waals surface area contributed by atoms with Crippen LogP contribution in [0.2, 0.25) is 0 Å². The molecule has 0 spiro atoms. The third-order valence-electron chi connectivity index (χ3n) is 4.30. The van der Waals surface area contributed by atoms with Crippen molar-refractivity contribution in [1.29, 1.82) is 0 Å². The molecule has 0 aliphatic carbocycles. The largest absolute Gasteiger partial charge is 0.379 e. The van der Waals surface area contributed by atoms with Crippen molar-refractivity contribution in [2.75, 3.05) is 23.3 Å². The molecule has 2 aromatic rings. The topological polar surface area (TPSA) is 15.3 Å². The number of benzene rings is 2. The van der Waals surface area contributed by atoms with Crippen molar-refractivity contribution in [3.63, 3.8) is 0 Å². The zero-order valence-electron chi connectivity index (χ0n) is 13.0. The minimum Gasteiger partial charge on any atom is -0.379 e. The minimum atomic E-state index is 0.322. The average molecular weight is 280 g/mol.